The van der Waals surface area contributed by atoms with Crippen molar-refractivity contribution in [1.29, 1.82) is 0 Å². The van der Waals surface area contributed by atoms with Crippen molar-refractivity contribution in [3.63, 3.8) is 0 Å². The minimum Gasteiger partial charge on any atom is -0.354 e. The van der Waals surface area contributed by atoms with Crippen LogP contribution in [0.2, 0.25) is 0 Å². The maximum Gasteiger partial charge on any atom is 0.272 e. The first kappa shape index (κ1) is 19.5. The molecule has 1 amide bonds. The molecule has 0 saturated carbocycles. The lowest BCUT2D eigenvalue weighted by molar-refractivity contribution is 0.0959. The minimum absolute atomic E-state index is 0.233. The van der Waals surface area contributed by atoms with Crippen molar-refractivity contribution in [3.05, 3.63) is 54.1 Å². The number of fused-ring (bicyclic) bond motifs is 1. The van der Waals surface area contributed by atoms with Gasteiger partial charge in [0.1, 0.15) is 0 Å². The quantitative estimate of drug-likeness (QED) is 0.503. The molecule has 0 unspecified atom stereocenters. The molecule has 4 aromatic rings. The molecule has 4 rings (SSSR count). The van der Waals surface area contributed by atoms with Gasteiger partial charge in [0.15, 0.2) is 11.5 Å². The molecule has 0 fully saturated rings. The first-order chi connectivity index (χ1) is 14.4. The molecule has 3 aromatic heterocycles. The van der Waals surface area contributed by atoms with E-state index >= 15 is 0 Å². The maximum absolute atomic E-state index is 12.1. The molecule has 3 heterocycles. The monoisotopic (exact) mass is 405 g/mol. The van der Waals surface area contributed by atoms with Gasteiger partial charge in [0.2, 0.25) is 5.95 Å². The molecule has 0 aliphatic heterocycles. The molecule has 1 aromatic carbocycles. The van der Waals surface area contributed by atoms with E-state index in [-0.39, 0.29) is 5.91 Å². The van der Waals surface area contributed by atoms with Crippen molar-refractivity contribution in [2.24, 2.45) is 7.05 Å². The Morgan fingerprint density at radius 1 is 1.23 bits per heavy atom. The molecule has 0 saturated heterocycles. The normalized spacial score (nSPS) is 11.2. The van der Waals surface area contributed by atoms with E-state index in [1.807, 2.05) is 51.7 Å². The summed E-state index contributed by atoms with van der Waals surface area (Å²) < 4.78 is 3.41. The van der Waals surface area contributed by atoms with Crippen LogP contribution < -0.4 is 10.6 Å². The van der Waals surface area contributed by atoms with E-state index in [9.17, 15) is 4.79 Å². The SMILES string of the molecule is CNC(=O)c1nn(C)c2ccc(Nc3nccc(-n4cc(CN(C)C)cn4)n3)cc12. The fraction of sp³-hybridized carbons (Fsp3) is 0.250. The molecule has 10 heteroatoms. The highest BCUT2D eigenvalue weighted by Crippen LogP contribution is 2.24. The third kappa shape index (κ3) is 3.85. The summed E-state index contributed by atoms with van der Waals surface area (Å²) >= 11 is 0. The second-order valence-corrected chi connectivity index (χ2v) is 7.18. The number of amides is 1. The van der Waals surface area contributed by atoms with Gasteiger partial charge in [-0.25, -0.2) is 9.67 Å². The van der Waals surface area contributed by atoms with Gasteiger partial charge in [-0.05, 0) is 32.3 Å². The fourth-order valence-electron chi connectivity index (χ4n) is 3.23. The zero-order valence-electron chi connectivity index (χ0n) is 17.3. The van der Waals surface area contributed by atoms with E-state index in [0.717, 1.165) is 28.7 Å². The molecule has 2 N–H and O–H groups in total. The molecule has 0 spiro atoms. The van der Waals surface area contributed by atoms with Crippen LogP contribution >= 0.6 is 0 Å². The highest BCUT2D eigenvalue weighted by Gasteiger charge is 2.15. The summed E-state index contributed by atoms with van der Waals surface area (Å²) in [6.45, 7) is 0.801. The minimum atomic E-state index is -0.233. The number of rotatable bonds is 6. The smallest absolute Gasteiger partial charge is 0.272 e. The predicted octanol–water partition coefficient (Wildman–Crippen LogP) is 1.71. The lowest BCUT2D eigenvalue weighted by atomic mass is 10.2. The number of anilines is 2. The molecule has 30 heavy (non-hydrogen) atoms. The average molecular weight is 405 g/mol. The first-order valence-corrected chi connectivity index (χ1v) is 9.42. The Bertz CT molecular complexity index is 1210. The van der Waals surface area contributed by atoms with Crippen LogP contribution in [0, 0.1) is 0 Å². The topological polar surface area (TPSA) is 106 Å². The summed E-state index contributed by atoms with van der Waals surface area (Å²) in [6, 6.07) is 7.47. The molecule has 0 bridgehead atoms. The summed E-state index contributed by atoms with van der Waals surface area (Å²) in [5.41, 5.74) is 3.08. The van der Waals surface area contributed by atoms with Gasteiger partial charge in [-0.15, -0.1) is 0 Å². The van der Waals surface area contributed by atoms with E-state index in [4.69, 9.17) is 0 Å². The molecule has 0 aliphatic carbocycles. The number of carbonyl (C=O) groups is 1. The standard InChI is InChI=1S/C20H23N9O/c1-21-19(30)18-15-9-14(5-6-16(15)28(4)26-18)24-20-22-8-7-17(25-20)29-12-13(10-23-29)11-27(2)3/h5-10,12H,11H2,1-4H3,(H,21,30)(H,22,24,25). The number of benzene rings is 1. The fourth-order valence-corrected chi connectivity index (χ4v) is 3.23. The van der Waals surface area contributed by atoms with Crippen molar-refractivity contribution >= 4 is 28.4 Å². The van der Waals surface area contributed by atoms with E-state index in [1.165, 1.54) is 0 Å². The molecular weight excluding hydrogens is 382 g/mol. The third-order valence-corrected chi connectivity index (χ3v) is 4.56. The highest BCUT2D eigenvalue weighted by atomic mass is 16.1. The van der Waals surface area contributed by atoms with E-state index in [0.29, 0.717) is 17.5 Å². The van der Waals surface area contributed by atoms with Crippen molar-refractivity contribution in [2.75, 3.05) is 26.5 Å². The Balaban J connectivity index is 1.62. The number of aromatic nitrogens is 6. The van der Waals surface area contributed by atoms with Crippen LogP contribution in [0.25, 0.3) is 16.7 Å². The summed E-state index contributed by atoms with van der Waals surface area (Å²) in [4.78, 5) is 23.1. The van der Waals surface area contributed by atoms with Crippen molar-refractivity contribution in [1.82, 2.24) is 39.7 Å². The van der Waals surface area contributed by atoms with Crippen LogP contribution in [0.3, 0.4) is 0 Å². The van der Waals surface area contributed by atoms with Gasteiger partial charge in [0.25, 0.3) is 5.91 Å². The van der Waals surface area contributed by atoms with Crippen LogP contribution in [0.5, 0.6) is 0 Å². The van der Waals surface area contributed by atoms with Gasteiger partial charge < -0.3 is 15.5 Å². The lowest BCUT2D eigenvalue weighted by Gasteiger charge is -2.08. The Labute approximate surface area is 173 Å². The molecule has 10 nitrogen and oxygen atoms in total. The van der Waals surface area contributed by atoms with Gasteiger partial charge in [0, 0.05) is 55.7 Å². The van der Waals surface area contributed by atoms with Crippen molar-refractivity contribution < 1.29 is 4.79 Å². The first-order valence-electron chi connectivity index (χ1n) is 9.42. The Morgan fingerprint density at radius 2 is 2.07 bits per heavy atom. The number of carbonyl (C=O) groups excluding carboxylic acids is 1. The summed E-state index contributed by atoms with van der Waals surface area (Å²) in [5.74, 6) is 0.858. The Hall–Kier alpha value is -3.79. The Morgan fingerprint density at radius 3 is 2.83 bits per heavy atom. The Kier molecular flexibility index (Phi) is 5.15. The average Bonchev–Trinajstić information content (AvgIpc) is 3.32. The number of nitrogens with one attached hydrogen (secondary N) is 2. The molecular formula is C20H23N9O. The predicted molar refractivity (Wildman–Crippen MR) is 114 cm³/mol. The third-order valence-electron chi connectivity index (χ3n) is 4.56. The maximum atomic E-state index is 12.1. The highest BCUT2D eigenvalue weighted by molar-refractivity contribution is 6.05. The van der Waals surface area contributed by atoms with Crippen LogP contribution in [-0.4, -0.2) is 61.5 Å². The molecule has 154 valence electrons. The molecule has 0 radical (unpaired) electrons. The number of nitrogens with zero attached hydrogens (tertiary/aromatic N) is 7. The molecule has 0 aliphatic rings. The van der Waals surface area contributed by atoms with E-state index in [1.54, 1.807) is 28.7 Å². The van der Waals surface area contributed by atoms with Crippen LogP contribution in [0.1, 0.15) is 16.1 Å². The van der Waals surface area contributed by atoms with Crippen LogP contribution in [0.4, 0.5) is 11.6 Å². The van der Waals surface area contributed by atoms with E-state index < -0.39 is 0 Å². The largest absolute Gasteiger partial charge is 0.354 e. The number of hydrogen-bond acceptors (Lipinski definition) is 7. The van der Waals surface area contributed by atoms with Gasteiger partial charge in [-0.3, -0.25) is 9.48 Å². The van der Waals surface area contributed by atoms with Gasteiger partial charge in [-0.2, -0.15) is 15.2 Å². The summed E-state index contributed by atoms with van der Waals surface area (Å²) in [6.07, 6.45) is 5.45. The van der Waals surface area contributed by atoms with Gasteiger partial charge >= 0.3 is 0 Å². The zero-order chi connectivity index (χ0) is 21.3. The number of hydrogen-bond donors (Lipinski definition) is 2. The van der Waals surface area contributed by atoms with Crippen molar-refractivity contribution in [3.8, 4) is 5.82 Å². The van der Waals surface area contributed by atoms with E-state index in [2.05, 4.69) is 35.7 Å². The van der Waals surface area contributed by atoms with Crippen molar-refractivity contribution in [2.45, 2.75) is 6.54 Å². The number of aryl methyl sites for hydroxylation is 1. The van der Waals surface area contributed by atoms with Crippen LogP contribution in [0.15, 0.2) is 42.9 Å². The second-order valence-electron chi connectivity index (χ2n) is 7.18. The van der Waals surface area contributed by atoms with Crippen LogP contribution in [-0.2, 0) is 13.6 Å². The summed E-state index contributed by atoms with van der Waals surface area (Å²) in [7, 11) is 7.42. The van der Waals surface area contributed by atoms with Gasteiger partial charge in [-0.1, -0.05) is 0 Å². The van der Waals surface area contributed by atoms with Gasteiger partial charge in [0.05, 0.1) is 11.7 Å². The lowest BCUT2D eigenvalue weighted by Crippen LogP contribution is -2.18. The summed E-state index contributed by atoms with van der Waals surface area (Å²) in [5, 5.41) is 15.3. The molecule has 0 atom stereocenters. The second kappa shape index (κ2) is 7.91. The zero-order valence-corrected chi connectivity index (χ0v) is 17.3.